The van der Waals surface area contributed by atoms with Gasteiger partial charge in [-0.25, -0.2) is 4.79 Å². The molecule has 0 saturated carbocycles. The van der Waals surface area contributed by atoms with Crippen LogP contribution in [-0.2, 0) is 16.1 Å². The first kappa shape index (κ1) is 19.7. The average molecular weight is 428 g/mol. The molecule has 9 nitrogen and oxygen atoms in total. The monoisotopic (exact) mass is 428 g/mol. The molecule has 0 atom stereocenters. The van der Waals surface area contributed by atoms with Gasteiger partial charge in [0.05, 0.1) is 53.1 Å². The number of rotatable bonds is 5. The van der Waals surface area contributed by atoms with Crippen molar-refractivity contribution < 1.29 is 9.53 Å². The van der Waals surface area contributed by atoms with Crippen LogP contribution in [0.25, 0.3) is 38.9 Å². The van der Waals surface area contributed by atoms with Gasteiger partial charge < -0.3 is 4.74 Å². The van der Waals surface area contributed by atoms with Crippen LogP contribution in [0, 0.1) is 6.92 Å². The summed E-state index contributed by atoms with van der Waals surface area (Å²) in [6.07, 6.45) is 6.83. The van der Waals surface area contributed by atoms with E-state index >= 15 is 0 Å². The van der Waals surface area contributed by atoms with Crippen LogP contribution in [-0.4, -0.2) is 41.9 Å². The molecule has 4 heterocycles. The number of carbonyl (C=O) groups is 1. The second-order valence-electron chi connectivity index (χ2n) is 7.37. The van der Waals surface area contributed by atoms with Crippen LogP contribution >= 0.6 is 0 Å². The van der Waals surface area contributed by atoms with Crippen LogP contribution in [0.15, 0.2) is 59.9 Å². The van der Waals surface area contributed by atoms with Gasteiger partial charge in [-0.05, 0) is 37.6 Å². The summed E-state index contributed by atoms with van der Waals surface area (Å²) in [4.78, 5) is 34.3. The number of aryl methyl sites for hydroxylation is 1. The first-order valence-electron chi connectivity index (χ1n) is 10.2. The first-order chi connectivity index (χ1) is 15.6. The number of nitrogens with one attached hydrogen (secondary N) is 1. The summed E-state index contributed by atoms with van der Waals surface area (Å²) in [5, 5.41) is 7.89. The predicted octanol–water partition coefficient (Wildman–Crippen LogP) is 3.00. The van der Waals surface area contributed by atoms with Crippen molar-refractivity contribution in [1.29, 1.82) is 0 Å². The van der Waals surface area contributed by atoms with Crippen LogP contribution in [0.3, 0.4) is 0 Å². The number of imidazole rings is 1. The molecule has 0 unspecified atom stereocenters. The topological polar surface area (TPSA) is 108 Å². The molecule has 0 aliphatic rings. The van der Waals surface area contributed by atoms with Crippen molar-refractivity contribution in [3.05, 3.63) is 71.2 Å². The summed E-state index contributed by atoms with van der Waals surface area (Å²) in [5.74, 6) is -0.454. The summed E-state index contributed by atoms with van der Waals surface area (Å²) >= 11 is 0. The van der Waals surface area contributed by atoms with Gasteiger partial charge in [-0.15, -0.1) is 0 Å². The van der Waals surface area contributed by atoms with E-state index in [4.69, 9.17) is 4.74 Å². The van der Waals surface area contributed by atoms with Gasteiger partial charge in [0.1, 0.15) is 6.54 Å². The van der Waals surface area contributed by atoms with Crippen LogP contribution < -0.4 is 5.69 Å². The number of H-pyrrole nitrogens is 1. The number of hydrogen-bond acceptors (Lipinski definition) is 6. The lowest BCUT2D eigenvalue weighted by Crippen LogP contribution is -2.27. The second kappa shape index (κ2) is 7.77. The molecular formula is C23H20N6O3. The van der Waals surface area contributed by atoms with E-state index < -0.39 is 5.97 Å². The number of nitrogens with zero attached hydrogens (tertiary/aromatic N) is 5. The number of esters is 1. The zero-order valence-electron chi connectivity index (χ0n) is 17.6. The van der Waals surface area contributed by atoms with E-state index in [1.807, 2.05) is 37.3 Å². The Labute approximate surface area is 182 Å². The molecule has 32 heavy (non-hydrogen) atoms. The maximum absolute atomic E-state index is 13.3. The van der Waals surface area contributed by atoms with Crippen molar-refractivity contribution in [2.75, 3.05) is 6.61 Å². The maximum Gasteiger partial charge on any atom is 0.334 e. The van der Waals surface area contributed by atoms with Gasteiger partial charge in [0, 0.05) is 17.1 Å². The number of fused-ring (bicyclic) bond motifs is 2. The first-order valence-corrected chi connectivity index (χ1v) is 10.2. The molecule has 0 bridgehead atoms. The van der Waals surface area contributed by atoms with E-state index in [2.05, 4.69) is 20.2 Å². The molecule has 9 heteroatoms. The molecule has 0 radical (unpaired) electrons. The molecule has 5 rings (SSSR count). The minimum atomic E-state index is -0.454. The number of para-hydroxylation sites is 1. The Morgan fingerprint density at radius 2 is 2.00 bits per heavy atom. The molecule has 5 aromatic rings. The lowest BCUT2D eigenvalue weighted by molar-refractivity contribution is -0.143. The third-order valence-corrected chi connectivity index (χ3v) is 5.39. The minimum Gasteiger partial charge on any atom is -0.465 e. The quantitative estimate of drug-likeness (QED) is 0.431. The molecule has 0 saturated heterocycles. The van der Waals surface area contributed by atoms with E-state index in [0.717, 1.165) is 27.5 Å². The summed E-state index contributed by atoms with van der Waals surface area (Å²) < 4.78 is 8.07. The van der Waals surface area contributed by atoms with Gasteiger partial charge in [-0.1, -0.05) is 12.1 Å². The highest BCUT2D eigenvalue weighted by Crippen LogP contribution is 2.26. The lowest BCUT2D eigenvalue weighted by Gasteiger charge is -2.07. The molecule has 0 fully saturated rings. The van der Waals surface area contributed by atoms with E-state index in [0.29, 0.717) is 16.9 Å². The van der Waals surface area contributed by atoms with E-state index in [1.165, 1.54) is 4.57 Å². The van der Waals surface area contributed by atoms with Gasteiger partial charge in [0.15, 0.2) is 0 Å². The highest BCUT2D eigenvalue weighted by molar-refractivity contribution is 5.92. The molecule has 1 N–H and O–H groups in total. The summed E-state index contributed by atoms with van der Waals surface area (Å²) in [5.41, 5.74) is 4.98. The van der Waals surface area contributed by atoms with Crippen LogP contribution in [0.1, 0.15) is 12.5 Å². The number of benzene rings is 1. The van der Waals surface area contributed by atoms with Crippen LogP contribution in [0.4, 0.5) is 0 Å². The van der Waals surface area contributed by atoms with Crippen molar-refractivity contribution in [1.82, 2.24) is 29.3 Å². The Kier molecular flexibility index (Phi) is 4.78. The Hall–Kier alpha value is -4.27. The van der Waals surface area contributed by atoms with Crippen molar-refractivity contribution in [2.24, 2.45) is 0 Å². The molecule has 1 aromatic carbocycles. The highest BCUT2D eigenvalue weighted by Gasteiger charge is 2.19. The summed E-state index contributed by atoms with van der Waals surface area (Å²) in [6, 6.07) is 9.30. The van der Waals surface area contributed by atoms with Gasteiger partial charge in [-0.3, -0.25) is 29.0 Å². The zero-order valence-corrected chi connectivity index (χ0v) is 17.6. The third-order valence-electron chi connectivity index (χ3n) is 5.39. The molecule has 0 aliphatic carbocycles. The standard InChI is InChI=1S/C23H20N6O3/c1-3-32-21(30)13-28-20-6-4-5-14(2)22(20)29(23(28)31)15-7-8-18(25-9-15)16-10-24-12-19-17(16)11-26-27-19/h4-12H,3,13H2,1-2H3,(H,26,27). The number of aromatic nitrogens is 6. The van der Waals surface area contributed by atoms with E-state index in [9.17, 15) is 9.59 Å². The maximum atomic E-state index is 13.3. The number of hydrogen-bond donors (Lipinski definition) is 1. The van der Waals surface area contributed by atoms with E-state index in [-0.39, 0.29) is 18.8 Å². The lowest BCUT2D eigenvalue weighted by atomic mass is 10.1. The zero-order chi connectivity index (χ0) is 22.2. The third kappa shape index (κ3) is 3.15. The summed E-state index contributed by atoms with van der Waals surface area (Å²) in [7, 11) is 0. The normalized spacial score (nSPS) is 11.3. The molecular weight excluding hydrogens is 408 g/mol. The second-order valence-corrected chi connectivity index (χ2v) is 7.37. The van der Waals surface area contributed by atoms with E-state index in [1.54, 1.807) is 36.3 Å². The molecule has 0 spiro atoms. The Morgan fingerprint density at radius 1 is 1.12 bits per heavy atom. The smallest absolute Gasteiger partial charge is 0.334 e. The Morgan fingerprint density at radius 3 is 2.78 bits per heavy atom. The van der Waals surface area contributed by atoms with Gasteiger partial charge in [0.25, 0.3) is 0 Å². The largest absolute Gasteiger partial charge is 0.465 e. The predicted molar refractivity (Wildman–Crippen MR) is 120 cm³/mol. The molecule has 4 aromatic heterocycles. The fourth-order valence-corrected chi connectivity index (χ4v) is 3.95. The SMILES string of the molecule is CCOC(=O)Cn1c(=O)n(-c2ccc(-c3cncc4[nH]ncc34)nc2)c2c(C)cccc21. The van der Waals surface area contributed by atoms with Crippen molar-refractivity contribution in [2.45, 2.75) is 20.4 Å². The summed E-state index contributed by atoms with van der Waals surface area (Å²) in [6.45, 7) is 3.77. The fraction of sp³-hybridized carbons (Fsp3) is 0.174. The fourth-order valence-electron chi connectivity index (χ4n) is 3.95. The number of aromatic amines is 1. The van der Waals surface area contributed by atoms with Crippen molar-refractivity contribution in [3.8, 4) is 16.9 Å². The number of pyridine rings is 2. The average Bonchev–Trinajstić information content (AvgIpc) is 3.38. The van der Waals surface area contributed by atoms with Gasteiger partial charge >= 0.3 is 11.7 Å². The van der Waals surface area contributed by atoms with Crippen molar-refractivity contribution in [3.63, 3.8) is 0 Å². The highest BCUT2D eigenvalue weighted by atomic mass is 16.5. The Bertz CT molecular complexity index is 1510. The molecule has 0 aliphatic heterocycles. The molecule has 160 valence electrons. The van der Waals surface area contributed by atoms with Crippen LogP contribution in [0.2, 0.25) is 0 Å². The van der Waals surface area contributed by atoms with Gasteiger partial charge in [0.2, 0.25) is 0 Å². The number of ether oxygens (including phenoxy) is 1. The minimum absolute atomic E-state index is 0.153. The van der Waals surface area contributed by atoms with Crippen molar-refractivity contribution >= 4 is 27.9 Å². The van der Waals surface area contributed by atoms with Gasteiger partial charge in [-0.2, -0.15) is 5.10 Å². The molecule has 0 amide bonds. The number of carbonyl (C=O) groups excluding carboxylic acids is 1. The Balaban J connectivity index is 1.63. The van der Waals surface area contributed by atoms with Crippen LogP contribution in [0.5, 0.6) is 0 Å².